The number of fused-ring (bicyclic) bond motifs is 1. The number of amides is 1. The highest BCUT2D eigenvalue weighted by Gasteiger charge is 2.49. The van der Waals surface area contributed by atoms with E-state index < -0.39 is 0 Å². The van der Waals surface area contributed by atoms with E-state index >= 15 is 0 Å². The third-order valence-electron chi connectivity index (χ3n) is 4.45. The Morgan fingerprint density at radius 2 is 2.25 bits per heavy atom. The van der Waals surface area contributed by atoms with E-state index in [2.05, 4.69) is 24.1 Å². The van der Waals surface area contributed by atoms with Crippen molar-refractivity contribution in [3.8, 4) is 0 Å². The zero-order chi connectivity index (χ0) is 14.6. The van der Waals surface area contributed by atoms with Crippen molar-refractivity contribution in [2.75, 3.05) is 26.3 Å². The van der Waals surface area contributed by atoms with Gasteiger partial charge in [0.2, 0.25) is 0 Å². The lowest BCUT2D eigenvalue weighted by Gasteiger charge is -2.35. The van der Waals surface area contributed by atoms with Gasteiger partial charge in [0, 0.05) is 18.1 Å². The molecule has 5 heteroatoms. The number of nitrogens with one attached hydrogen (secondary N) is 1. The highest BCUT2D eigenvalue weighted by Crippen LogP contribution is 2.42. The molecule has 0 aromatic heterocycles. The zero-order valence-electron chi connectivity index (χ0n) is 13.0. The quantitative estimate of drug-likeness (QED) is 0.812. The monoisotopic (exact) mass is 284 g/mol. The van der Waals surface area contributed by atoms with Crippen LogP contribution in [0.2, 0.25) is 0 Å². The summed E-state index contributed by atoms with van der Waals surface area (Å²) in [6.45, 7) is 9.08. The van der Waals surface area contributed by atoms with Crippen molar-refractivity contribution >= 4 is 6.09 Å². The predicted octanol–water partition coefficient (Wildman–Crippen LogP) is 2.15. The first kappa shape index (κ1) is 15.6. The number of alkyl carbamates (subject to hydrolysis) is 1. The smallest absolute Gasteiger partial charge is 0.407 e. The zero-order valence-corrected chi connectivity index (χ0v) is 13.0. The van der Waals surface area contributed by atoms with E-state index in [0.29, 0.717) is 19.2 Å². The van der Waals surface area contributed by atoms with Crippen molar-refractivity contribution in [2.24, 2.45) is 0 Å². The molecule has 2 rings (SSSR count). The third-order valence-corrected chi connectivity index (χ3v) is 4.45. The number of nitrogens with zero attached hydrogens (tertiary/aromatic N) is 1. The van der Waals surface area contributed by atoms with E-state index in [1.54, 1.807) is 0 Å². The molecule has 5 nitrogen and oxygen atoms in total. The second kappa shape index (κ2) is 6.76. The maximum absolute atomic E-state index is 11.4. The number of rotatable bonds is 6. The van der Waals surface area contributed by atoms with Gasteiger partial charge in [-0.15, -0.1) is 0 Å². The van der Waals surface area contributed by atoms with Gasteiger partial charge in [-0.3, -0.25) is 4.90 Å². The van der Waals surface area contributed by atoms with Gasteiger partial charge in [0.05, 0.1) is 12.7 Å². The molecule has 20 heavy (non-hydrogen) atoms. The van der Waals surface area contributed by atoms with Crippen LogP contribution >= 0.6 is 0 Å². The first-order valence-corrected chi connectivity index (χ1v) is 7.86. The Balaban J connectivity index is 1.86. The minimum absolute atomic E-state index is 0.194. The molecule has 2 aliphatic rings. The van der Waals surface area contributed by atoms with Gasteiger partial charge in [0.25, 0.3) is 0 Å². The number of carbonyl (C=O) groups excluding carboxylic acids is 1. The van der Waals surface area contributed by atoms with Gasteiger partial charge in [-0.25, -0.2) is 4.79 Å². The van der Waals surface area contributed by atoms with Gasteiger partial charge in [0.15, 0.2) is 0 Å². The molecule has 116 valence electrons. The molecule has 2 heterocycles. The van der Waals surface area contributed by atoms with Crippen LogP contribution in [0.25, 0.3) is 0 Å². The van der Waals surface area contributed by atoms with Crippen molar-refractivity contribution < 1.29 is 14.3 Å². The molecule has 2 aliphatic heterocycles. The molecule has 0 saturated carbocycles. The third kappa shape index (κ3) is 3.44. The fourth-order valence-corrected chi connectivity index (χ4v) is 3.48. The highest BCUT2D eigenvalue weighted by atomic mass is 16.5. The number of hydrogen-bond donors (Lipinski definition) is 1. The normalized spacial score (nSPS) is 29.7. The second-order valence-corrected chi connectivity index (χ2v) is 6.20. The molecule has 0 radical (unpaired) electrons. The minimum Gasteiger partial charge on any atom is -0.448 e. The predicted molar refractivity (Wildman–Crippen MR) is 77.8 cm³/mol. The molecule has 0 aliphatic carbocycles. The standard InChI is InChI=1S/C15H28N2O3/c1-4-16-14(18)19-10-13-6-8-15(11-20-12(2)3)7-5-9-17(13)15/h12-13H,4-11H2,1-3H3,(H,16,18)/t13-,15-/m0/s1. The van der Waals surface area contributed by atoms with Gasteiger partial charge < -0.3 is 14.8 Å². The van der Waals surface area contributed by atoms with Crippen molar-refractivity contribution in [3.63, 3.8) is 0 Å². The summed E-state index contributed by atoms with van der Waals surface area (Å²) in [5.41, 5.74) is 0.194. The molecular formula is C15H28N2O3. The fraction of sp³-hybridized carbons (Fsp3) is 0.933. The van der Waals surface area contributed by atoms with Crippen molar-refractivity contribution in [2.45, 2.75) is 64.1 Å². The molecule has 0 unspecified atom stereocenters. The number of hydrogen-bond acceptors (Lipinski definition) is 4. The molecule has 0 aromatic rings. The molecule has 2 atom stereocenters. The topological polar surface area (TPSA) is 50.8 Å². The molecule has 0 aromatic carbocycles. The molecule has 2 fully saturated rings. The van der Waals surface area contributed by atoms with Crippen LogP contribution in [0.3, 0.4) is 0 Å². The lowest BCUT2D eigenvalue weighted by Crippen LogP contribution is -2.47. The van der Waals surface area contributed by atoms with Crippen LogP contribution in [0.1, 0.15) is 46.5 Å². The van der Waals surface area contributed by atoms with Crippen molar-refractivity contribution in [1.29, 1.82) is 0 Å². The Hall–Kier alpha value is -0.810. The largest absolute Gasteiger partial charge is 0.448 e. The van der Waals surface area contributed by atoms with Crippen LogP contribution in [-0.2, 0) is 9.47 Å². The average molecular weight is 284 g/mol. The molecular weight excluding hydrogens is 256 g/mol. The average Bonchev–Trinajstić information content (AvgIpc) is 2.93. The summed E-state index contributed by atoms with van der Waals surface area (Å²) in [6, 6.07) is 0.357. The number of ether oxygens (including phenoxy) is 2. The Morgan fingerprint density at radius 3 is 2.95 bits per heavy atom. The van der Waals surface area contributed by atoms with E-state index in [-0.39, 0.29) is 17.7 Å². The van der Waals surface area contributed by atoms with Gasteiger partial charge >= 0.3 is 6.09 Å². The number of carbonyl (C=O) groups is 1. The van der Waals surface area contributed by atoms with Crippen molar-refractivity contribution in [3.05, 3.63) is 0 Å². The van der Waals surface area contributed by atoms with Gasteiger partial charge in [0.1, 0.15) is 6.61 Å². The second-order valence-electron chi connectivity index (χ2n) is 6.20. The van der Waals surface area contributed by atoms with E-state index in [1.165, 1.54) is 12.8 Å². The maximum Gasteiger partial charge on any atom is 0.407 e. The Bertz CT molecular complexity index is 335. The lowest BCUT2D eigenvalue weighted by molar-refractivity contribution is -0.0112. The van der Waals surface area contributed by atoms with Crippen molar-refractivity contribution in [1.82, 2.24) is 10.2 Å². The molecule has 2 saturated heterocycles. The van der Waals surface area contributed by atoms with E-state index in [4.69, 9.17) is 9.47 Å². The molecule has 1 N–H and O–H groups in total. The SMILES string of the molecule is CCNC(=O)OC[C@@H]1CC[C@]2(COC(C)C)CCCN12. The summed E-state index contributed by atoms with van der Waals surface area (Å²) in [4.78, 5) is 13.9. The Labute approximate surface area is 122 Å². The van der Waals surface area contributed by atoms with E-state index in [1.807, 2.05) is 6.92 Å². The van der Waals surface area contributed by atoms with Gasteiger partial charge in [-0.05, 0) is 53.0 Å². The van der Waals surface area contributed by atoms with Crippen LogP contribution in [0.15, 0.2) is 0 Å². The van der Waals surface area contributed by atoms with E-state index in [0.717, 1.165) is 26.0 Å². The Morgan fingerprint density at radius 1 is 1.45 bits per heavy atom. The summed E-state index contributed by atoms with van der Waals surface area (Å²) in [5.74, 6) is 0. The Kier molecular flexibility index (Phi) is 5.27. The molecule has 0 bridgehead atoms. The summed E-state index contributed by atoms with van der Waals surface area (Å²) in [7, 11) is 0. The first-order valence-electron chi connectivity index (χ1n) is 7.86. The summed E-state index contributed by atoms with van der Waals surface area (Å²) in [5, 5.41) is 2.67. The molecule has 1 amide bonds. The fourth-order valence-electron chi connectivity index (χ4n) is 3.48. The molecule has 0 spiro atoms. The van der Waals surface area contributed by atoms with Crippen LogP contribution in [0, 0.1) is 0 Å². The maximum atomic E-state index is 11.4. The van der Waals surface area contributed by atoms with Crippen LogP contribution in [0.5, 0.6) is 0 Å². The van der Waals surface area contributed by atoms with Crippen LogP contribution < -0.4 is 5.32 Å². The minimum atomic E-state index is -0.303. The summed E-state index contributed by atoms with van der Waals surface area (Å²) < 4.78 is 11.2. The summed E-state index contributed by atoms with van der Waals surface area (Å²) in [6.07, 6.45) is 4.65. The van der Waals surface area contributed by atoms with E-state index in [9.17, 15) is 4.79 Å². The highest BCUT2D eigenvalue weighted by molar-refractivity contribution is 5.66. The van der Waals surface area contributed by atoms with Gasteiger partial charge in [-0.2, -0.15) is 0 Å². The van der Waals surface area contributed by atoms with Crippen LogP contribution in [-0.4, -0.2) is 55.0 Å². The first-order chi connectivity index (χ1) is 9.57. The lowest BCUT2D eigenvalue weighted by atomic mass is 9.95. The van der Waals surface area contributed by atoms with Crippen LogP contribution in [0.4, 0.5) is 4.79 Å². The summed E-state index contributed by atoms with van der Waals surface area (Å²) >= 11 is 0. The van der Waals surface area contributed by atoms with Gasteiger partial charge in [-0.1, -0.05) is 0 Å².